The number of hydrogen-bond donors (Lipinski definition) is 2. The Balaban J connectivity index is 1.75. The Morgan fingerprint density at radius 3 is 3.00 bits per heavy atom. The van der Waals surface area contributed by atoms with E-state index in [-0.39, 0.29) is 6.61 Å². The summed E-state index contributed by atoms with van der Waals surface area (Å²) < 4.78 is 13.9. The summed E-state index contributed by atoms with van der Waals surface area (Å²) >= 11 is 4.50. The van der Waals surface area contributed by atoms with Crippen LogP contribution in [0.15, 0.2) is 34.9 Å². The van der Waals surface area contributed by atoms with Crippen LogP contribution in [0.4, 0.5) is 5.69 Å². The van der Waals surface area contributed by atoms with Gasteiger partial charge in [0, 0.05) is 16.7 Å². The first-order valence-corrected chi connectivity index (χ1v) is 6.85. The predicted octanol–water partition coefficient (Wildman–Crippen LogP) is 2.15. The first kappa shape index (κ1) is 13.3. The quantitative estimate of drug-likeness (QED) is 0.850. The van der Waals surface area contributed by atoms with E-state index in [4.69, 9.17) is 4.74 Å². The van der Waals surface area contributed by atoms with Gasteiger partial charge in [0.2, 0.25) is 5.88 Å². The Morgan fingerprint density at radius 2 is 2.28 bits per heavy atom. The molecule has 1 aromatic carbocycles. The topological polar surface area (TPSA) is 67.3 Å². The molecule has 1 unspecified atom stereocenters. The zero-order valence-corrected chi connectivity index (χ0v) is 11.8. The molecule has 2 rings (SSSR count). The summed E-state index contributed by atoms with van der Waals surface area (Å²) in [6.07, 6.45) is 0.914. The van der Waals surface area contributed by atoms with Gasteiger partial charge >= 0.3 is 0 Å². The highest BCUT2D eigenvalue weighted by molar-refractivity contribution is 9.10. The zero-order chi connectivity index (χ0) is 12.8. The molecule has 1 atom stereocenters. The molecule has 1 heterocycles. The van der Waals surface area contributed by atoms with Gasteiger partial charge in [-0.3, -0.25) is 0 Å². The van der Waals surface area contributed by atoms with Crippen molar-refractivity contribution < 1.29 is 9.84 Å². The standard InChI is InChI=1S/C11H12BrN3O2S/c12-9-3-1-2-4-10(9)13-5-8(16)7-17-11-6-14-18-15-11/h1-4,6,8,13,16H,5,7H2. The minimum atomic E-state index is -0.612. The maximum Gasteiger partial charge on any atom is 0.245 e. The van der Waals surface area contributed by atoms with Crippen molar-refractivity contribution in [3.63, 3.8) is 0 Å². The van der Waals surface area contributed by atoms with E-state index in [2.05, 4.69) is 30.0 Å². The van der Waals surface area contributed by atoms with Gasteiger partial charge in [-0.05, 0) is 28.1 Å². The fourth-order valence-electron chi connectivity index (χ4n) is 1.29. The molecule has 0 aliphatic carbocycles. The monoisotopic (exact) mass is 329 g/mol. The maximum atomic E-state index is 9.75. The summed E-state index contributed by atoms with van der Waals surface area (Å²) in [5, 5.41) is 12.9. The molecular weight excluding hydrogens is 318 g/mol. The molecule has 18 heavy (non-hydrogen) atoms. The van der Waals surface area contributed by atoms with Gasteiger partial charge in [0.15, 0.2) is 0 Å². The lowest BCUT2D eigenvalue weighted by molar-refractivity contribution is 0.115. The molecule has 0 spiro atoms. The molecule has 0 radical (unpaired) electrons. The molecule has 0 aliphatic rings. The minimum absolute atomic E-state index is 0.183. The Hall–Kier alpha value is -1.18. The van der Waals surface area contributed by atoms with Crippen LogP contribution in [0.3, 0.4) is 0 Å². The van der Waals surface area contributed by atoms with Crippen LogP contribution in [0.1, 0.15) is 0 Å². The van der Waals surface area contributed by atoms with E-state index < -0.39 is 6.10 Å². The van der Waals surface area contributed by atoms with Gasteiger partial charge in [0.05, 0.1) is 11.7 Å². The molecule has 0 bridgehead atoms. The largest absolute Gasteiger partial charge is 0.473 e. The fourth-order valence-corrected chi connectivity index (χ4v) is 2.08. The second kappa shape index (κ2) is 6.67. The summed E-state index contributed by atoms with van der Waals surface area (Å²) in [4.78, 5) is 0. The Labute approximate surface area is 117 Å². The number of anilines is 1. The molecule has 0 saturated carbocycles. The third-order valence-corrected chi connectivity index (χ3v) is 3.32. The summed E-state index contributed by atoms with van der Waals surface area (Å²) in [7, 11) is 0. The number of halogens is 1. The fraction of sp³-hybridized carbons (Fsp3) is 0.273. The minimum Gasteiger partial charge on any atom is -0.473 e. The normalized spacial score (nSPS) is 12.1. The molecule has 2 N–H and O–H groups in total. The number of hydrogen-bond acceptors (Lipinski definition) is 6. The molecule has 0 aliphatic heterocycles. The van der Waals surface area contributed by atoms with Gasteiger partial charge < -0.3 is 15.2 Å². The number of benzene rings is 1. The van der Waals surface area contributed by atoms with Crippen molar-refractivity contribution in [2.75, 3.05) is 18.5 Å². The van der Waals surface area contributed by atoms with Crippen molar-refractivity contribution in [2.24, 2.45) is 0 Å². The van der Waals surface area contributed by atoms with Crippen LogP contribution >= 0.6 is 27.7 Å². The van der Waals surface area contributed by atoms with Gasteiger partial charge in [-0.15, -0.1) is 4.37 Å². The highest BCUT2D eigenvalue weighted by Crippen LogP contribution is 2.20. The SMILES string of the molecule is OC(CNc1ccccc1Br)COc1cnsn1. The molecule has 2 aromatic rings. The van der Waals surface area contributed by atoms with Gasteiger partial charge in [0.1, 0.15) is 18.9 Å². The van der Waals surface area contributed by atoms with Crippen LogP contribution in [0, 0.1) is 0 Å². The Kier molecular flexibility index (Phi) is 4.91. The van der Waals surface area contributed by atoms with Gasteiger partial charge in [0.25, 0.3) is 0 Å². The van der Waals surface area contributed by atoms with Crippen LogP contribution in [0.2, 0.25) is 0 Å². The third-order valence-electron chi connectivity index (χ3n) is 2.17. The number of nitrogens with zero attached hydrogens (tertiary/aromatic N) is 2. The highest BCUT2D eigenvalue weighted by Gasteiger charge is 2.07. The van der Waals surface area contributed by atoms with Crippen molar-refractivity contribution in [2.45, 2.75) is 6.10 Å². The Morgan fingerprint density at radius 1 is 1.44 bits per heavy atom. The average Bonchev–Trinajstić information content (AvgIpc) is 2.88. The number of aliphatic hydroxyl groups is 1. The van der Waals surface area contributed by atoms with Crippen molar-refractivity contribution in [1.82, 2.24) is 8.75 Å². The van der Waals surface area contributed by atoms with Crippen LogP contribution in [0.25, 0.3) is 0 Å². The van der Waals surface area contributed by atoms with Crippen LogP contribution < -0.4 is 10.1 Å². The van der Waals surface area contributed by atoms with Gasteiger partial charge in [-0.1, -0.05) is 12.1 Å². The van der Waals surface area contributed by atoms with E-state index in [9.17, 15) is 5.11 Å². The van der Waals surface area contributed by atoms with Crippen molar-refractivity contribution in [3.05, 3.63) is 34.9 Å². The number of rotatable bonds is 6. The Bertz CT molecular complexity index is 481. The maximum absolute atomic E-state index is 9.75. The van der Waals surface area contributed by atoms with Crippen molar-refractivity contribution in [3.8, 4) is 5.88 Å². The van der Waals surface area contributed by atoms with Gasteiger partial charge in [-0.25, -0.2) is 0 Å². The number of aromatic nitrogens is 2. The number of ether oxygens (including phenoxy) is 1. The second-order valence-electron chi connectivity index (χ2n) is 3.57. The summed E-state index contributed by atoms with van der Waals surface area (Å²) in [5.41, 5.74) is 0.937. The van der Waals surface area contributed by atoms with Crippen LogP contribution in [-0.2, 0) is 0 Å². The molecule has 7 heteroatoms. The molecule has 0 saturated heterocycles. The smallest absolute Gasteiger partial charge is 0.245 e. The van der Waals surface area contributed by atoms with Gasteiger partial charge in [-0.2, -0.15) is 4.37 Å². The summed E-state index contributed by atoms with van der Waals surface area (Å²) in [5.74, 6) is 0.444. The van der Waals surface area contributed by atoms with E-state index >= 15 is 0 Å². The average molecular weight is 330 g/mol. The first-order valence-electron chi connectivity index (χ1n) is 5.32. The van der Waals surface area contributed by atoms with Crippen molar-refractivity contribution in [1.29, 1.82) is 0 Å². The number of nitrogens with one attached hydrogen (secondary N) is 1. The van der Waals surface area contributed by atoms with Crippen LogP contribution in [-0.4, -0.2) is 33.1 Å². The molecular formula is C11H12BrN3O2S. The predicted molar refractivity (Wildman–Crippen MR) is 74.0 cm³/mol. The lowest BCUT2D eigenvalue weighted by Gasteiger charge is -2.13. The number of aliphatic hydroxyl groups excluding tert-OH is 1. The highest BCUT2D eigenvalue weighted by atomic mass is 79.9. The third kappa shape index (κ3) is 3.94. The van der Waals surface area contributed by atoms with Crippen molar-refractivity contribution >= 4 is 33.3 Å². The second-order valence-corrected chi connectivity index (χ2v) is 4.98. The van der Waals surface area contributed by atoms with E-state index in [1.165, 1.54) is 6.20 Å². The molecule has 1 aromatic heterocycles. The lowest BCUT2D eigenvalue weighted by atomic mass is 10.3. The zero-order valence-electron chi connectivity index (χ0n) is 9.41. The van der Waals surface area contributed by atoms with E-state index in [1.807, 2.05) is 24.3 Å². The molecule has 0 fully saturated rings. The molecule has 0 amide bonds. The molecule has 5 nitrogen and oxygen atoms in total. The summed E-state index contributed by atoms with van der Waals surface area (Å²) in [6.45, 7) is 0.586. The van der Waals surface area contributed by atoms with Crippen LogP contribution in [0.5, 0.6) is 5.88 Å². The first-order chi connectivity index (χ1) is 8.75. The number of para-hydroxylation sites is 1. The summed E-state index contributed by atoms with van der Waals surface area (Å²) in [6, 6.07) is 7.73. The molecule has 96 valence electrons. The lowest BCUT2D eigenvalue weighted by Crippen LogP contribution is -2.26. The van der Waals surface area contributed by atoms with E-state index in [1.54, 1.807) is 0 Å². The van der Waals surface area contributed by atoms with E-state index in [0.29, 0.717) is 12.4 Å². The van der Waals surface area contributed by atoms with E-state index in [0.717, 1.165) is 21.9 Å².